The molecule has 0 unspecified atom stereocenters. The molecule has 0 saturated heterocycles. The molecule has 0 atom stereocenters. The lowest BCUT2D eigenvalue weighted by Gasteiger charge is -2.02. The number of nitro groups is 1. The second-order valence-electron chi connectivity index (χ2n) is 3.09. The molecule has 0 radical (unpaired) electrons. The molecule has 1 aromatic carbocycles. The molecule has 0 aromatic heterocycles. The van der Waals surface area contributed by atoms with Gasteiger partial charge in [-0.15, -0.1) is 0 Å². The highest BCUT2D eigenvalue weighted by Crippen LogP contribution is 2.27. The van der Waals surface area contributed by atoms with Crippen molar-refractivity contribution in [1.82, 2.24) is 0 Å². The van der Waals surface area contributed by atoms with E-state index >= 15 is 0 Å². The lowest BCUT2D eigenvalue weighted by atomic mass is 10.3. The van der Waals surface area contributed by atoms with Gasteiger partial charge in [-0.1, -0.05) is 11.6 Å². The van der Waals surface area contributed by atoms with Gasteiger partial charge in [-0.3, -0.25) is 15.5 Å². The van der Waals surface area contributed by atoms with E-state index < -0.39 is 4.92 Å². The van der Waals surface area contributed by atoms with Crippen LogP contribution in [0.15, 0.2) is 23.3 Å². The van der Waals surface area contributed by atoms with Crippen molar-refractivity contribution in [3.8, 4) is 0 Å². The first kappa shape index (κ1) is 11.5. The molecule has 1 aromatic rings. The number of nitrogens with one attached hydrogen (secondary N) is 1. The Morgan fingerprint density at radius 2 is 2.20 bits per heavy atom. The second kappa shape index (κ2) is 4.75. The van der Waals surface area contributed by atoms with Gasteiger partial charge in [-0.2, -0.15) is 5.10 Å². The number of hydrogen-bond acceptors (Lipinski definition) is 4. The van der Waals surface area contributed by atoms with Crippen LogP contribution in [0.3, 0.4) is 0 Å². The minimum absolute atomic E-state index is 0.0515. The molecule has 0 spiro atoms. The molecule has 0 aliphatic rings. The van der Waals surface area contributed by atoms with Crippen LogP contribution < -0.4 is 5.43 Å². The third-order valence-corrected chi connectivity index (χ3v) is 1.79. The van der Waals surface area contributed by atoms with Crippen LogP contribution in [0.1, 0.15) is 13.8 Å². The monoisotopic (exact) mass is 227 g/mol. The van der Waals surface area contributed by atoms with E-state index in [0.717, 1.165) is 5.71 Å². The summed E-state index contributed by atoms with van der Waals surface area (Å²) < 4.78 is 0. The topological polar surface area (TPSA) is 67.5 Å². The number of anilines is 1. The Bertz CT molecular complexity index is 414. The van der Waals surface area contributed by atoms with Gasteiger partial charge in [0, 0.05) is 16.8 Å². The van der Waals surface area contributed by atoms with E-state index in [4.69, 9.17) is 11.6 Å². The zero-order valence-electron chi connectivity index (χ0n) is 8.32. The Morgan fingerprint density at radius 1 is 1.53 bits per heavy atom. The summed E-state index contributed by atoms with van der Waals surface area (Å²) in [5, 5.41) is 15.0. The van der Waals surface area contributed by atoms with Crippen LogP contribution in [0.4, 0.5) is 11.4 Å². The third-order valence-electron chi connectivity index (χ3n) is 1.56. The van der Waals surface area contributed by atoms with Gasteiger partial charge in [0.1, 0.15) is 5.69 Å². The lowest BCUT2D eigenvalue weighted by molar-refractivity contribution is -0.384. The highest BCUT2D eigenvalue weighted by atomic mass is 35.5. The maximum atomic E-state index is 10.7. The van der Waals surface area contributed by atoms with Crippen LogP contribution in [0.25, 0.3) is 0 Å². The molecule has 5 nitrogen and oxygen atoms in total. The molecular weight excluding hydrogens is 218 g/mol. The molecule has 15 heavy (non-hydrogen) atoms. The Morgan fingerprint density at radius 3 is 2.73 bits per heavy atom. The predicted octanol–water partition coefficient (Wildman–Crippen LogP) is 3.06. The lowest BCUT2D eigenvalue weighted by Crippen LogP contribution is -1.98. The first-order valence-corrected chi connectivity index (χ1v) is 4.59. The van der Waals surface area contributed by atoms with Crippen molar-refractivity contribution in [2.45, 2.75) is 13.8 Å². The minimum atomic E-state index is -0.487. The zero-order valence-corrected chi connectivity index (χ0v) is 9.08. The Hall–Kier alpha value is -1.62. The Kier molecular flexibility index (Phi) is 3.62. The van der Waals surface area contributed by atoms with Crippen molar-refractivity contribution >= 4 is 28.7 Å². The van der Waals surface area contributed by atoms with Gasteiger partial charge in [-0.05, 0) is 26.0 Å². The normalized spacial score (nSPS) is 9.53. The van der Waals surface area contributed by atoms with Crippen molar-refractivity contribution in [2.75, 3.05) is 5.43 Å². The number of rotatable bonds is 3. The summed E-state index contributed by atoms with van der Waals surface area (Å²) in [5.41, 5.74) is 3.60. The highest BCUT2D eigenvalue weighted by Gasteiger charge is 2.12. The van der Waals surface area contributed by atoms with Crippen molar-refractivity contribution < 1.29 is 4.92 Å². The van der Waals surface area contributed by atoms with E-state index in [9.17, 15) is 10.1 Å². The van der Waals surface area contributed by atoms with E-state index in [1.54, 1.807) is 13.8 Å². The minimum Gasteiger partial charge on any atom is -0.272 e. The second-order valence-corrected chi connectivity index (χ2v) is 3.53. The SMILES string of the molecule is CC(C)=NNc1cc(Cl)ccc1[N+](=O)[O-]. The first-order valence-electron chi connectivity index (χ1n) is 4.21. The number of benzene rings is 1. The molecule has 0 amide bonds. The molecule has 0 aliphatic heterocycles. The highest BCUT2D eigenvalue weighted by molar-refractivity contribution is 6.31. The van der Waals surface area contributed by atoms with E-state index in [0.29, 0.717) is 5.02 Å². The van der Waals surface area contributed by atoms with Gasteiger partial charge in [0.2, 0.25) is 0 Å². The molecule has 0 heterocycles. The molecule has 0 aliphatic carbocycles. The van der Waals surface area contributed by atoms with E-state index in [1.165, 1.54) is 18.2 Å². The maximum Gasteiger partial charge on any atom is 0.294 e. The summed E-state index contributed by atoms with van der Waals surface area (Å²) >= 11 is 5.73. The fourth-order valence-electron chi connectivity index (χ4n) is 0.929. The number of nitro benzene ring substituents is 1. The van der Waals surface area contributed by atoms with Crippen LogP contribution in [0.5, 0.6) is 0 Å². The Labute approximate surface area is 91.9 Å². The van der Waals surface area contributed by atoms with Crippen LogP contribution in [0.2, 0.25) is 5.02 Å². The van der Waals surface area contributed by atoms with Gasteiger partial charge < -0.3 is 0 Å². The average Bonchev–Trinajstić information content (AvgIpc) is 2.14. The average molecular weight is 228 g/mol. The number of hydrogen-bond donors (Lipinski definition) is 1. The summed E-state index contributed by atoms with van der Waals surface area (Å²) in [6.45, 7) is 3.56. The standard InChI is InChI=1S/C9H10ClN3O2/c1-6(2)11-12-8-5-7(10)3-4-9(8)13(14)15/h3-5,12H,1-2H3. The summed E-state index contributed by atoms with van der Waals surface area (Å²) in [6.07, 6.45) is 0. The van der Waals surface area contributed by atoms with Crippen LogP contribution in [-0.2, 0) is 0 Å². The van der Waals surface area contributed by atoms with Crippen molar-refractivity contribution in [3.05, 3.63) is 33.3 Å². The molecule has 0 bridgehead atoms. The van der Waals surface area contributed by atoms with Crippen LogP contribution in [-0.4, -0.2) is 10.6 Å². The molecule has 1 rings (SSSR count). The fraction of sp³-hybridized carbons (Fsp3) is 0.222. The number of hydrazone groups is 1. The molecule has 0 saturated carbocycles. The van der Waals surface area contributed by atoms with Crippen molar-refractivity contribution in [3.63, 3.8) is 0 Å². The van der Waals surface area contributed by atoms with Gasteiger partial charge in [0.25, 0.3) is 5.69 Å². The van der Waals surface area contributed by atoms with E-state index in [1.807, 2.05) is 0 Å². The zero-order chi connectivity index (χ0) is 11.4. The molecular formula is C9H10ClN3O2. The Balaban J connectivity index is 3.07. The van der Waals surface area contributed by atoms with Gasteiger partial charge >= 0.3 is 0 Å². The number of halogens is 1. The van der Waals surface area contributed by atoms with E-state index in [2.05, 4.69) is 10.5 Å². The van der Waals surface area contributed by atoms with Gasteiger partial charge in [-0.25, -0.2) is 0 Å². The van der Waals surface area contributed by atoms with Gasteiger partial charge in [0.15, 0.2) is 0 Å². The van der Waals surface area contributed by atoms with Crippen LogP contribution >= 0.6 is 11.6 Å². The summed E-state index contributed by atoms with van der Waals surface area (Å²) in [4.78, 5) is 10.2. The smallest absolute Gasteiger partial charge is 0.272 e. The van der Waals surface area contributed by atoms with Crippen molar-refractivity contribution in [2.24, 2.45) is 5.10 Å². The van der Waals surface area contributed by atoms with Crippen molar-refractivity contribution in [1.29, 1.82) is 0 Å². The van der Waals surface area contributed by atoms with E-state index in [-0.39, 0.29) is 11.4 Å². The summed E-state index contributed by atoms with van der Waals surface area (Å²) in [7, 11) is 0. The van der Waals surface area contributed by atoms with Gasteiger partial charge in [0.05, 0.1) is 4.92 Å². The molecule has 80 valence electrons. The largest absolute Gasteiger partial charge is 0.294 e. The quantitative estimate of drug-likeness (QED) is 0.490. The molecule has 1 N–H and O–H groups in total. The molecule has 0 fully saturated rings. The number of nitrogens with zero attached hydrogens (tertiary/aromatic N) is 2. The maximum absolute atomic E-state index is 10.7. The van der Waals surface area contributed by atoms with Crippen LogP contribution in [0, 0.1) is 10.1 Å². The predicted molar refractivity (Wildman–Crippen MR) is 60.5 cm³/mol. The first-order chi connectivity index (χ1) is 7.00. The summed E-state index contributed by atoms with van der Waals surface area (Å²) in [6, 6.07) is 4.27. The summed E-state index contributed by atoms with van der Waals surface area (Å²) in [5.74, 6) is 0. The third kappa shape index (κ3) is 3.21. The fourth-order valence-corrected chi connectivity index (χ4v) is 1.10. The molecule has 6 heteroatoms.